The van der Waals surface area contributed by atoms with Gasteiger partial charge in [-0.25, -0.2) is 9.97 Å². The predicted molar refractivity (Wildman–Crippen MR) is 88.8 cm³/mol. The SMILES string of the molecule is CCN(CC)C(=O)c1cc(C)nc(Nc2ccc(Cl)cc2)n1. The molecule has 2 rings (SSSR count). The van der Waals surface area contributed by atoms with Crippen molar-refractivity contribution in [2.45, 2.75) is 20.8 Å². The zero-order chi connectivity index (χ0) is 16.1. The Bertz CT molecular complexity index is 654. The van der Waals surface area contributed by atoms with Crippen molar-refractivity contribution in [3.8, 4) is 0 Å². The molecule has 116 valence electrons. The van der Waals surface area contributed by atoms with E-state index in [1.54, 1.807) is 23.1 Å². The van der Waals surface area contributed by atoms with Gasteiger partial charge >= 0.3 is 0 Å². The third-order valence-electron chi connectivity index (χ3n) is 3.22. The average Bonchev–Trinajstić information content (AvgIpc) is 2.50. The first kappa shape index (κ1) is 16.2. The van der Waals surface area contributed by atoms with Crippen molar-refractivity contribution in [3.63, 3.8) is 0 Å². The Kier molecular flexibility index (Phi) is 5.33. The fourth-order valence-electron chi connectivity index (χ4n) is 2.07. The van der Waals surface area contributed by atoms with Gasteiger partial charge in [0.1, 0.15) is 5.69 Å². The van der Waals surface area contributed by atoms with Crippen LogP contribution in [0.3, 0.4) is 0 Å². The van der Waals surface area contributed by atoms with Crippen molar-refractivity contribution in [2.24, 2.45) is 0 Å². The first-order chi connectivity index (χ1) is 10.5. The molecule has 1 aromatic carbocycles. The second kappa shape index (κ2) is 7.22. The van der Waals surface area contributed by atoms with E-state index in [9.17, 15) is 4.79 Å². The molecule has 0 saturated heterocycles. The lowest BCUT2D eigenvalue weighted by Gasteiger charge is -2.18. The number of amides is 1. The maximum Gasteiger partial charge on any atom is 0.272 e. The number of rotatable bonds is 5. The van der Waals surface area contributed by atoms with Crippen LogP contribution in [0.15, 0.2) is 30.3 Å². The van der Waals surface area contributed by atoms with E-state index in [0.29, 0.717) is 29.8 Å². The lowest BCUT2D eigenvalue weighted by atomic mass is 10.3. The number of nitrogens with one attached hydrogen (secondary N) is 1. The minimum absolute atomic E-state index is 0.0883. The summed E-state index contributed by atoms with van der Waals surface area (Å²) in [4.78, 5) is 22.8. The number of nitrogens with zero attached hydrogens (tertiary/aromatic N) is 3. The molecule has 0 aliphatic heterocycles. The summed E-state index contributed by atoms with van der Waals surface area (Å²) in [6, 6.07) is 8.93. The van der Waals surface area contributed by atoms with Crippen molar-refractivity contribution in [3.05, 3.63) is 46.7 Å². The molecule has 0 atom stereocenters. The summed E-state index contributed by atoms with van der Waals surface area (Å²) in [5.41, 5.74) is 1.95. The molecule has 0 spiro atoms. The minimum atomic E-state index is -0.0883. The van der Waals surface area contributed by atoms with Crippen LogP contribution in [0.2, 0.25) is 5.02 Å². The molecule has 1 amide bonds. The van der Waals surface area contributed by atoms with Crippen LogP contribution >= 0.6 is 11.6 Å². The van der Waals surface area contributed by atoms with Gasteiger partial charge in [-0.15, -0.1) is 0 Å². The van der Waals surface area contributed by atoms with Gasteiger partial charge in [0.05, 0.1) is 0 Å². The van der Waals surface area contributed by atoms with E-state index < -0.39 is 0 Å². The van der Waals surface area contributed by atoms with Gasteiger partial charge in [0, 0.05) is 29.5 Å². The van der Waals surface area contributed by atoms with Gasteiger partial charge in [0.15, 0.2) is 0 Å². The van der Waals surface area contributed by atoms with Crippen LogP contribution in [0.1, 0.15) is 30.0 Å². The highest BCUT2D eigenvalue weighted by Gasteiger charge is 2.15. The third-order valence-corrected chi connectivity index (χ3v) is 3.48. The van der Waals surface area contributed by atoms with Gasteiger partial charge in [0.2, 0.25) is 5.95 Å². The Balaban J connectivity index is 2.26. The molecule has 0 unspecified atom stereocenters. The molecule has 5 nitrogen and oxygen atoms in total. The number of carbonyl (C=O) groups is 1. The molecule has 0 aliphatic carbocycles. The van der Waals surface area contributed by atoms with Crippen molar-refractivity contribution < 1.29 is 4.79 Å². The Hall–Kier alpha value is -2.14. The van der Waals surface area contributed by atoms with Crippen LogP contribution in [-0.2, 0) is 0 Å². The molecule has 1 N–H and O–H groups in total. The molecule has 2 aromatic rings. The first-order valence-electron chi connectivity index (χ1n) is 7.21. The lowest BCUT2D eigenvalue weighted by molar-refractivity contribution is 0.0767. The Labute approximate surface area is 135 Å². The topological polar surface area (TPSA) is 58.1 Å². The van der Waals surface area contributed by atoms with Crippen molar-refractivity contribution in [2.75, 3.05) is 18.4 Å². The number of hydrogen-bond acceptors (Lipinski definition) is 4. The van der Waals surface area contributed by atoms with E-state index in [1.807, 2.05) is 32.9 Å². The normalized spacial score (nSPS) is 10.4. The fraction of sp³-hybridized carbons (Fsp3) is 0.312. The van der Waals surface area contributed by atoms with Gasteiger partial charge in [-0.05, 0) is 51.1 Å². The van der Waals surface area contributed by atoms with Gasteiger partial charge < -0.3 is 10.2 Å². The van der Waals surface area contributed by atoms with E-state index in [-0.39, 0.29) is 5.91 Å². The van der Waals surface area contributed by atoms with Crippen LogP contribution in [0.4, 0.5) is 11.6 Å². The summed E-state index contributed by atoms with van der Waals surface area (Å²) in [6.07, 6.45) is 0. The maximum atomic E-state index is 12.4. The van der Waals surface area contributed by atoms with Gasteiger partial charge in [-0.2, -0.15) is 0 Å². The zero-order valence-corrected chi connectivity index (χ0v) is 13.7. The zero-order valence-electron chi connectivity index (χ0n) is 12.9. The smallest absolute Gasteiger partial charge is 0.272 e. The molecule has 0 radical (unpaired) electrons. The van der Waals surface area contributed by atoms with Gasteiger partial charge in [0.25, 0.3) is 5.91 Å². The highest BCUT2D eigenvalue weighted by molar-refractivity contribution is 6.30. The number of halogens is 1. The maximum absolute atomic E-state index is 12.4. The summed E-state index contributed by atoms with van der Waals surface area (Å²) in [5.74, 6) is 0.312. The quantitative estimate of drug-likeness (QED) is 0.914. The molecule has 22 heavy (non-hydrogen) atoms. The lowest BCUT2D eigenvalue weighted by Crippen LogP contribution is -2.31. The first-order valence-corrected chi connectivity index (χ1v) is 7.58. The summed E-state index contributed by atoms with van der Waals surface area (Å²) in [6.45, 7) is 7.04. The molecule has 0 fully saturated rings. The Morgan fingerprint density at radius 1 is 1.18 bits per heavy atom. The van der Waals surface area contributed by atoms with Crippen molar-refractivity contribution in [1.82, 2.24) is 14.9 Å². The summed E-state index contributed by atoms with van der Waals surface area (Å²) >= 11 is 5.86. The van der Waals surface area contributed by atoms with Crippen LogP contribution in [-0.4, -0.2) is 33.9 Å². The van der Waals surface area contributed by atoms with Gasteiger partial charge in [-0.1, -0.05) is 11.6 Å². The number of aryl methyl sites for hydroxylation is 1. The van der Waals surface area contributed by atoms with Crippen LogP contribution in [0.25, 0.3) is 0 Å². The Morgan fingerprint density at radius 3 is 2.41 bits per heavy atom. The van der Waals surface area contributed by atoms with Crippen molar-refractivity contribution in [1.29, 1.82) is 0 Å². The van der Waals surface area contributed by atoms with E-state index >= 15 is 0 Å². The molecule has 0 aliphatic rings. The molecule has 6 heteroatoms. The largest absolute Gasteiger partial charge is 0.338 e. The highest BCUT2D eigenvalue weighted by Crippen LogP contribution is 2.17. The van der Waals surface area contributed by atoms with Crippen LogP contribution < -0.4 is 5.32 Å². The monoisotopic (exact) mass is 318 g/mol. The number of aromatic nitrogens is 2. The summed E-state index contributed by atoms with van der Waals surface area (Å²) < 4.78 is 0. The van der Waals surface area contributed by atoms with E-state index in [4.69, 9.17) is 11.6 Å². The fourth-order valence-corrected chi connectivity index (χ4v) is 2.20. The van der Waals surface area contributed by atoms with Crippen molar-refractivity contribution >= 4 is 29.1 Å². The second-order valence-electron chi connectivity index (χ2n) is 4.83. The van der Waals surface area contributed by atoms with Gasteiger partial charge in [-0.3, -0.25) is 4.79 Å². The summed E-state index contributed by atoms with van der Waals surface area (Å²) in [5, 5.41) is 3.75. The molecule has 1 aromatic heterocycles. The van der Waals surface area contributed by atoms with Crippen LogP contribution in [0.5, 0.6) is 0 Å². The highest BCUT2D eigenvalue weighted by atomic mass is 35.5. The Morgan fingerprint density at radius 2 is 1.82 bits per heavy atom. The minimum Gasteiger partial charge on any atom is -0.338 e. The molecule has 1 heterocycles. The molecule has 0 saturated carbocycles. The molecular weight excluding hydrogens is 300 g/mol. The standard InChI is InChI=1S/C16H19ClN4O/c1-4-21(5-2)15(22)14-10-11(3)18-16(20-14)19-13-8-6-12(17)7-9-13/h6-10H,4-5H2,1-3H3,(H,18,19,20). The predicted octanol–water partition coefficient (Wildman–Crippen LogP) is 3.66. The second-order valence-corrected chi connectivity index (χ2v) is 5.26. The van der Waals surface area contributed by atoms with E-state index in [1.165, 1.54) is 0 Å². The van der Waals surface area contributed by atoms with E-state index in [2.05, 4.69) is 15.3 Å². The third kappa shape index (κ3) is 3.95. The van der Waals surface area contributed by atoms with E-state index in [0.717, 1.165) is 11.4 Å². The molecular formula is C16H19ClN4O. The van der Waals surface area contributed by atoms with Crippen LogP contribution in [0, 0.1) is 6.92 Å². The summed E-state index contributed by atoms with van der Waals surface area (Å²) in [7, 11) is 0. The molecule has 0 bridgehead atoms. The number of carbonyl (C=O) groups excluding carboxylic acids is 1. The number of benzene rings is 1. The number of anilines is 2. The number of hydrogen-bond donors (Lipinski definition) is 1. The average molecular weight is 319 g/mol.